The lowest BCUT2D eigenvalue weighted by Crippen LogP contribution is -2.40. The molecular formula is C33H36N6OSi. The molecule has 0 unspecified atom stereocenters. The molecule has 0 spiro atoms. The van der Waals surface area contributed by atoms with Crippen LogP contribution in [0.2, 0.25) is 18.1 Å². The van der Waals surface area contributed by atoms with E-state index >= 15 is 0 Å². The molecule has 0 saturated heterocycles. The molecular weight excluding hydrogens is 524 g/mol. The van der Waals surface area contributed by atoms with E-state index in [0.29, 0.717) is 12.4 Å². The smallest absolute Gasteiger partial charge is 0.192 e. The van der Waals surface area contributed by atoms with Gasteiger partial charge in [-0.15, -0.1) is 0 Å². The first kappa shape index (κ1) is 26.9. The van der Waals surface area contributed by atoms with E-state index in [9.17, 15) is 0 Å². The molecule has 3 heterocycles. The standard InChI is InChI=1S/C33H36N6OSi/c1-33(2,3)41(4,5)40-21-24-12-9-13-26(16-24)30-18-28(31-32(34)35-22-36-39(30)31)25-14-15-27-20-38(37-29(27)17-25)19-23-10-7-6-8-11-23/h6-18,20,22H,19,21H2,1-5H3,(H2,34,35,36). The summed E-state index contributed by atoms with van der Waals surface area (Å²) < 4.78 is 10.4. The van der Waals surface area contributed by atoms with Crippen molar-refractivity contribution in [3.63, 3.8) is 0 Å². The molecule has 41 heavy (non-hydrogen) atoms. The molecule has 6 aromatic rings. The van der Waals surface area contributed by atoms with Crippen molar-refractivity contribution < 1.29 is 4.43 Å². The molecule has 3 aromatic carbocycles. The van der Waals surface area contributed by atoms with Gasteiger partial charge in [0.05, 0.1) is 24.4 Å². The van der Waals surface area contributed by atoms with E-state index in [4.69, 9.17) is 15.3 Å². The zero-order valence-corrected chi connectivity index (χ0v) is 25.3. The minimum atomic E-state index is -1.87. The second-order valence-corrected chi connectivity index (χ2v) is 17.0. The molecule has 2 N–H and O–H groups in total. The first-order valence-corrected chi connectivity index (χ1v) is 16.9. The molecule has 6 rings (SSSR count). The summed E-state index contributed by atoms with van der Waals surface area (Å²) in [6, 6.07) is 27.3. The van der Waals surface area contributed by atoms with Gasteiger partial charge in [-0.3, -0.25) is 4.68 Å². The highest BCUT2D eigenvalue weighted by atomic mass is 28.4. The maximum Gasteiger partial charge on any atom is 0.192 e. The Morgan fingerprint density at radius 1 is 0.878 bits per heavy atom. The van der Waals surface area contributed by atoms with Crippen LogP contribution in [-0.4, -0.2) is 32.7 Å². The lowest BCUT2D eigenvalue weighted by molar-refractivity contribution is 0.276. The molecule has 0 saturated carbocycles. The lowest BCUT2D eigenvalue weighted by Gasteiger charge is -2.36. The van der Waals surface area contributed by atoms with Crippen molar-refractivity contribution in [2.75, 3.05) is 5.73 Å². The summed E-state index contributed by atoms with van der Waals surface area (Å²) in [7, 11) is -1.87. The monoisotopic (exact) mass is 560 g/mol. The number of nitrogens with two attached hydrogens (primary N) is 1. The third-order valence-corrected chi connectivity index (χ3v) is 12.7. The van der Waals surface area contributed by atoms with Crippen LogP contribution in [0, 0.1) is 0 Å². The van der Waals surface area contributed by atoms with Crippen molar-refractivity contribution >= 4 is 30.6 Å². The zero-order valence-electron chi connectivity index (χ0n) is 24.3. The SMILES string of the molecule is CC(C)(C)[Si](C)(C)OCc1cccc(-c2cc(-c3ccc4cn(Cc5ccccc5)nc4c3)c3c(N)ncnn23)c1. The Morgan fingerprint density at radius 2 is 1.66 bits per heavy atom. The molecule has 0 amide bonds. The topological polar surface area (TPSA) is 83.3 Å². The Balaban J connectivity index is 1.37. The molecule has 208 valence electrons. The van der Waals surface area contributed by atoms with Gasteiger partial charge in [0.2, 0.25) is 0 Å². The zero-order chi connectivity index (χ0) is 28.8. The van der Waals surface area contributed by atoms with Crippen LogP contribution < -0.4 is 5.73 Å². The number of rotatable bonds is 7. The second kappa shape index (κ2) is 10.3. The highest BCUT2D eigenvalue weighted by Crippen LogP contribution is 2.38. The number of nitrogens with zero attached hydrogens (tertiary/aromatic N) is 5. The highest BCUT2D eigenvalue weighted by Gasteiger charge is 2.37. The number of fused-ring (bicyclic) bond motifs is 2. The van der Waals surface area contributed by atoms with Gasteiger partial charge in [-0.25, -0.2) is 9.50 Å². The summed E-state index contributed by atoms with van der Waals surface area (Å²) >= 11 is 0. The maximum atomic E-state index is 6.51. The van der Waals surface area contributed by atoms with Crippen LogP contribution in [0.3, 0.4) is 0 Å². The van der Waals surface area contributed by atoms with Gasteiger partial charge < -0.3 is 10.2 Å². The van der Waals surface area contributed by atoms with Crippen molar-refractivity contribution in [2.24, 2.45) is 0 Å². The van der Waals surface area contributed by atoms with Crippen LogP contribution in [0.25, 0.3) is 38.8 Å². The van der Waals surface area contributed by atoms with Crippen LogP contribution in [0.15, 0.2) is 91.4 Å². The van der Waals surface area contributed by atoms with E-state index in [1.807, 2.05) is 15.3 Å². The van der Waals surface area contributed by atoms with Crippen LogP contribution >= 0.6 is 0 Å². The number of aromatic nitrogens is 5. The van der Waals surface area contributed by atoms with Crippen molar-refractivity contribution in [3.8, 4) is 22.4 Å². The number of nitrogen functional groups attached to an aromatic ring is 1. The maximum absolute atomic E-state index is 6.51. The second-order valence-electron chi connectivity index (χ2n) is 12.2. The third kappa shape index (κ3) is 5.28. The van der Waals surface area contributed by atoms with Gasteiger partial charge in [-0.1, -0.05) is 81.4 Å². The minimum Gasteiger partial charge on any atom is -0.413 e. The van der Waals surface area contributed by atoms with Crippen molar-refractivity contribution in [2.45, 2.75) is 52.1 Å². The molecule has 0 bridgehead atoms. The van der Waals surface area contributed by atoms with E-state index < -0.39 is 8.32 Å². The van der Waals surface area contributed by atoms with Crippen molar-refractivity contribution in [3.05, 3.63) is 103 Å². The predicted molar refractivity (Wildman–Crippen MR) is 169 cm³/mol. The number of anilines is 1. The van der Waals surface area contributed by atoms with E-state index in [1.165, 1.54) is 11.9 Å². The molecule has 0 aliphatic heterocycles. The predicted octanol–water partition coefficient (Wildman–Crippen LogP) is 7.57. The molecule has 3 aromatic heterocycles. The Kier molecular flexibility index (Phi) is 6.75. The normalized spacial score (nSPS) is 12.4. The Labute approximate surface area is 241 Å². The Bertz CT molecular complexity index is 1850. The van der Waals surface area contributed by atoms with Crippen LogP contribution in [0.1, 0.15) is 31.9 Å². The molecule has 0 atom stereocenters. The van der Waals surface area contributed by atoms with E-state index in [1.54, 1.807) is 0 Å². The van der Waals surface area contributed by atoms with Gasteiger partial charge in [-0.2, -0.15) is 10.2 Å². The number of hydrogen-bond acceptors (Lipinski definition) is 5. The summed E-state index contributed by atoms with van der Waals surface area (Å²) in [5, 5.41) is 10.7. The fourth-order valence-corrected chi connectivity index (χ4v) is 5.84. The average molecular weight is 561 g/mol. The highest BCUT2D eigenvalue weighted by molar-refractivity contribution is 6.74. The van der Waals surface area contributed by atoms with Gasteiger partial charge >= 0.3 is 0 Å². The number of benzene rings is 3. The van der Waals surface area contributed by atoms with E-state index in [0.717, 1.165) is 50.9 Å². The summed E-state index contributed by atoms with van der Waals surface area (Å²) in [5.41, 5.74) is 14.5. The van der Waals surface area contributed by atoms with Gasteiger partial charge in [-0.05, 0) is 53.0 Å². The molecule has 0 fully saturated rings. The number of hydrogen-bond donors (Lipinski definition) is 1. The average Bonchev–Trinajstić information content (AvgIpc) is 3.53. The first-order chi connectivity index (χ1) is 19.6. The molecule has 7 nitrogen and oxygen atoms in total. The van der Waals surface area contributed by atoms with Crippen molar-refractivity contribution in [1.82, 2.24) is 24.4 Å². The quantitative estimate of drug-likeness (QED) is 0.204. The molecule has 8 heteroatoms. The summed E-state index contributed by atoms with van der Waals surface area (Å²) in [4.78, 5) is 4.32. The first-order valence-electron chi connectivity index (χ1n) is 14.0. The molecule has 0 aliphatic carbocycles. The van der Waals surface area contributed by atoms with Crippen LogP contribution in [0.5, 0.6) is 0 Å². The minimum absolute atomic E-state index is 0.157. The van der Waals surface area contributed by atoms with Crippen LogP contribution in [0.4, 0.5) is 5.82 Å². The molecule has 0 aliphatic rings. The largest absolute Gasteiger partial charge is 0.413 e. The molecule has 0 radical (unpaired) electrons. The Morgan fingerprint density at radius 3 is 2.44 bits per heavy atom. The summed E-state index contributed by atoms with van der Waals surface area (Å²) in [6.07, 6.45) is 3.60. The van der Waals surface area contributed by atoms with Gasteiger partial charge in [0.1, 0.15) is 11.8 Å². The fourth-order valence-electron chi connectivity index (χ4n) is 4.88. The summed E-state index contributed by atoms with van der Waals surface area (Å²) in [5.74, 6) is 0.438. The van der Waals surface area contributed by atoms with E-state index in [-0.39, 0.29) is 5.04 Å². The summed E-state index contributed by atoms with van der Waals surface area (Å²) in [6.45, 7) is 12.7. The van der Waals surface area contributed by atoms with Gasteiger partial charge in [0.15, 0.2) is 14.1 Å². The van der Waals surface area contributed by atoms with E-state index in [2.05, 4.69) is 123 Å². The lowest BCUT2D eigenvalue weighted by atomic mass is 10.0. The van der Waals surface area contributed by atoms with Gasteiger partial charge in [0, 0.05) is 22.7 Å². The van der Waals surface area contributed by atoms with Crippen LogP contribution in [-0.2, 0) is 17.6 Å². The Hall–Kier alpha value is -4.27. The fraction of sp³-hybridized carbons (Fsp3) is 0.242. The third-order valence-electron chi connectivity index (χ3n) is 8.26. The van der Waals surface area contributed by atoms with Gasteiger partial charge in [0.25, 0.3) is 0 Å². The van der Waals surface area contributed by atoms with Crippen molar-refractivity contribution in [1.29, 1.82) is 0 Å².